The first-order valence-electron chi connectivity index (χ1n) is 6.90. The van der Waals surface area contributed by atoms with Crippen LogP contribution in [0.4, 0.5) is 0 Å². The van der Waals surface area contributed by atoms with E-state index in [0.717, 1.165) is 0 Å². The molecule has 0 aromatic heterocycles. The molecule has 1 aromatic rings. The van der Waals surface area contributed by atoms with Crippen molar-refractivity contribution in [2.45, 2.75) is 58.9 Å². The predicted octanol–water partition coefficient (Wildman–Crippen LogP) is 3.12. The molecule has 0 atom stereocenters. The summed E-state index contributed by atoms with van der Waals surface area (Å²) in [6, 6.07) is 8.73. The topological polar surface area (TPSA) is 0 Å². The highest BCUT2D eigenvalue weighted by Crippen LogP contribution is 2.08. The lowest BCUT2D eigenvalue weighted by Crippen LogP contribution is -2.51. The maximum Gasteiger partial charge on any atom is 0.0783 e. The second kappa shape index (κ2) is 4.76. The normalized spacial score (nSPS) is 13.8. The highest BCUT2D eigenvalue weighted by atomic mass is 28.3. The molecule has 0 nitrogen and oxygen atoms in total. The first kappa shape index (κ1) is 15.9. The van der Waals surface area contributed by atoms with Gasteiger partial charge in [0.05, 0.1) is 24.2 Å². The molecule has 0 saturated carbocycles. The molecule has 0 spiro atoms. The summed E-state index contributed by atoms with van der Waals surface area (Å²) >= 11 is 0. The molecule has 0 unspecified atom stereocenters. The van der Waals surface area contributed by atoms with Crippen molar-refractivity contribution in [3.63, 3.8) is 0 Å². The fourth-order valence-electron chi connectivity index (χ4n) is 1.81. The van der Waals surface area contributed by atoms with E-state index in [9.17, 15) is 0 Å². The molecule has 0 heterocycles. The van der Waals surface area contributed by atoms with Crippen LogP contribution in [-0.2, 0) is 0 Å². The third-order valence-electron chi connectivity index (χ3n) is 3.35. The monoisotopic (exact) mass is 293 g/mol. The molecule has 1 aromatic carbocycles. The van der Waals surface area contributed by atoms with Crippen LogP contribution in [0.3, 0.4) is 0 Å². The van der Waals surface area contributed by atoms with Crippen LogP contribution in [0.2, 0.25) is 58.9 Å². The van der Waals surface area contributed by atoms with E-state index in [1.54, 1.807) is 5.19 Å². The van der Waals surface area contributed by atoms with Gasteiger partial charge in [0.25, 0.3) is 0 Å². The second-order valence-corrected chi connectivity index (χ2v) is 23.6. The molecule has 1 radical (unpaired) electrons. The molecule has 101 valence electrons. The third kappa shape index (κ3) is 3.93. The summed E-state index contributed by atoms with van der Waals surface area (Å²) in [5.74, 6) is 0. The van der Waals surface area contributed by atoms with Gasteiger partial charge in [-0.25, -0.2) is 0 Å². The Labute approximate surface area is 117 Å². The van der Waals surface area contributed by atoms with Crippen molar-refractivity contribution in [2.75, 3.05) is 0 Å². The SMILES string of the molecule is C[Si](C)(C)c1[c]c([Si](C)(C)C)cc([Si](C)(C)C)c1. The third-order valence-corrected chi connectivity index (χ3v) is 9.14. The second-order valence-electron chi connectivity index (χ2n) is 8.45. The van der Waals surface area contributed by atoms with Crippen molar-refractivity contribution < 1.29 is 0 Å². The number of hydrogen-bond acceptors (Lipinski definition) is 0. The highest BCUT2D eigenvalue weighted by Gasteiger charge is 2.26. The quantitative estimate of drug-likeness (QED) is 0.751. The minimum Gasteiger partial charge on any atom is -0.0656 e. The first-order valence-corrected chi connectivity index (χ1v) is 17.4. The lowest BCUT2D eigenvalue weighted by atomic mass is 10.3. The molecule has 0 fully saturated rings. The van der Waals surface area contributed by atoms with Crippen LogP contribution in [-0.4, -0.2) is 24.2 Å². The Hall–Kier alpha value is -0.129. The van der Waals surface area contributed by atoms with Gasteiger partial charge in [-0.15, -0.1) is 0 Å². The maximum absolute atomic E-state index is 3.78. The molecule has 1 rings (SSSR count). The summed E-state index contributed by atoms with van der Waals surface area (Å²) in [7, 11) is -3.76. The zero-order chi connectivity index (χ0) is 14.4. The van der Waals surface area contributed by atoms with Crippen molar-refractivity contribution in [1.29, 1.82) is 0 Å². The Morgan fingerprint density at radius 2 is 0.944 bits per heavy atom. The summed E-state index contributed by atoms with van der Waals surface area (Å²) in [5.41, 5.74) is 0. The Balaban J connectivity index is 3.49. The molecular weight excluding hydrogens is 264 g/mol. The van der Waals surface area contributed by atoms with Gasteiger partial charge in [-0.1, -0.05) is 86.6 Å². The average Bonchev–Trinajstić information content (AvgIpc) is 2.13. The largest absolute Gasteiger partial charge is 0.0783 e. The number of rotatable bonds is 3. The molecule has 0 N–H and O–H groups in total. The summed E-state index contributed by atoms with van der Waals surface area (Å²) in [6.45, 7) is 21.9. The van der Waals surface area contributed by atoms with Gasteiger partial charge >= 0.3 is 0 Å². The minimum atomic E-state index is -1.26. The van der Waals surface area contributed by atoms with Gasteiger partial charge in [0.15, 0.2) is 0 Å². The first-order chi connectivity index (χ1) is 7.82. The van der Waals surface area contributed by atoms with Crippen molar-refractivity contribution >= 4 is 39.8 Å². The van der Waals surface area contributed by atoms with Gasteiger partial charge in [0.1, 0.15) is 0 Å². The Morgan fingerprint density at radius 3 is 1.17 bits per heavy atom. The van der Waals surface area contributed by atoms with Gasteiger partial charge in [0, 0.05) is 0 Å². The van der Waals surface area contributed by atoms with Gasteiger partial charge in [-0.05, 0) is 6.07 Å². The van der Waals surface area contributed by atoms with Crippen molar-refractivity contribution in [2.24, 2.45) is 0 Å². The van der Waals surface area contributed by atoms with E-state index in [4.69, 9.17) is 0 Å². The van der Waals surface area contributed by atoms with Crippen LogP contribution < -0.4 is 15.6 Å². The van der Waals surface area contributed by atoms with E-state index in [1.807, 2.05) is 0 Å². The van der Waals surface area contributed by atoms with Crippen LogP contribution in [0.5, 0.6) is 0 Å². The van der Waals surface area contributed by atoms with Gasteiger partial charge in [0.2, 0.25) is 0 Å². The van der Waals surface area contributed by atoms with E-state index >= 15 is 0 Å². The number of benzene rings is 1. The molecule has 0 aliphatic carbocycles. The van der Waals surface area contributed by atoms with E-state index in [0.29, 0.717) is 0 Å². The van der Waals surface area contributed by atoms with E-state index < -0.39 is 24.2 Å². The fraction of sp³-hybridized carbons (Fsp3) is 0.600. The van der Waals surface area contributed by atoms with E-state index in [2.05, 4.69) is 77.1 Å². The summed E-state index contributed by atoms with van der Waals surface area (Å²) in [4.78, 5) is 0. The standard InChI is InChI=1S/C15H29Si3/c1-16(2,3)13-10-14(17(4,5)6)12-15(11-13)18(7,8)9/h10-11H,1-9H3. The molecule has 0 amide bonds. The van der Waals surface area contributed by atoms with Crippen molar-refractivity contribution in [1.82, 2.24) is 0 Å². The Morgan fingerprint density at radius 1 is 0.611 bits per heavy atom. The molecule has 3 heteroatoms. The Bertz CT molecular complexity index is 350. The lowest BCUT2D eigenvalue weighted by molar-refractivity contribution is 1.65. The predicted molar refractivity (Wildman–Crippen MR) is 94.2 cm³/mol. The maximum atomic E-state index is 3.78. The average molecular weight is 294 g/mol. The van der Waals surface area contributed by atoms with Crippen LogP contribution in [0.15, 0.2) is 12.1 Å². The van der Waals surface area contributed by atoms with Crippen LogP contribution in [0.25, 0.3) is 0 Å². The van der Waals surface area contributed by atoms with Crippen LogP contribution in [0, 0.1) is 6.07 Å². The highest BCUT2D eigenvalue weighted by molar-refractivity contribution is 6.94. The van der Waals surface area contributed by atoms with Crippen LogP contribution in [0.1, 0.15) is 0 Å². The van der Waals surface area contributed by atoms with Gasteiger partial charge in [-0.2, -0.15) is 0 Å². The molecular formula is C15H29Si3. The zero-order valence-corrected chi connectivity index (χ0v) is 16.7. The zero-order valence-electron chi connectivity index (χ0n) is 13.7. The fourth-order valence-corrected chi connectivity index (χ4v) is 5.58. The molecule has 0 aliphatic rings. The molecule has 0 saturated heterocycles. The molecule has 18 heavy (non-hydrogen) atoms. The smallest absolute Gasteiger partial charge is 0.0656 e. The van der Waals surface area contributed by atoms with Gasteiger partial charge < -0.3 is 0 Å². The molecule has 0 bridgehead atoms. The summed E-state index contributed by atoms with van der Waals surface area (Å²) < 4.78 is 0. The Kier molecular flexibility index (Phi) is 4.21. The summed E-state index contributed by atoms with van der Waals surface area (Å²) in [6.07, 6.45) is 0. The lowest BCUT2D eigenvalue weighted by Gasteiger charge is -2.27. The van der Waals surface area contributed by atoms with Crippen molar-refractivity contribution in [3.8, 4) is 0 Å². The van der Waals surface area contributed by atoms with E-state index in [1.165, 1.54) is 10.4 Å². The van der Waals surface area contributed by atoms with Crippen molar-refractivity contribution in [3.05, 3.63) is 18.2 Å². The van der Waals surface area contributed by atoms with Crippen LogP contribution >= 0.6 is 0 Å². The van der Waals surface area contributed by atoms with E-state index in [-0.39, 0.29) is 0 Å². The van der Waals surface area contributed by atoms with Gasteiger partial charge in [-0.3, -0.25) is 0 Å². The summed E-state index contributed by atoms with van der Waals surface area (Å²) in [5, 5.41) is 4.68. The minimum absolute atomic E-state index is 1.23. The number of hydrogen-bond donors (Lipinski definition) is 0. The molecule has 0 aliphatic heterocycles.